The minimum absolute atomic E-state index is 0.627. The minimum atomic E-state index is 0.627. The van der Waals surface area contributed by atoms with Gasteiger partial charge in [0.2, 0.25) is 0 Å². The Morgan fingerprint density at radius 3 is 2.89 bits per heavy atom. The molecule has 3 rings (SSSR count). The van der Waals surface area contributed by atoms with E-state index in [0.29, 0.717) is 4.77 Å². The van der Waals surface area contributed by atoms with Crippen LogP contribution in [0.15, 0.2) is 35.4 Å². The van der Waals surface area contributed by atoms with E-state index in [1.807, 2.05) is 22.2 Å². The Morgan fingerprint density at radius 1 is 1.32 bits per heavy atom. The molecule has 96 valence electrons. The van der Waals surface area contributed by atoms with Gasteiger partial charge in [-0.25, -0.2) is 4.98 Å². The molecular formula is C12H11N5S2. The molecule has 0 radical (unpaired) electrons. The molecule has 0 atom stereocenters. The number of aromatic amines is 1. The van der Waals surface area contributed by atoms with Gasteiger partial charge in [0, 0.05) is 36.3 Å². The van der Waals surface area contributed by atoms with Crippen molar-refractivity contribution in [2.75, 3.05) is 0 Å². The lowest BCUT2D eigenvalue weighted by atomic mass is 10.2. The van der Waals surface area contributed by atoms with Gasteiger partial charge in [-0.3, -0.25) is 14.6 Å². The van der Waals surface area contributed by atoms with Gasteiger partial charge in [-0.15, -0.1) is 11.3 Å². The van der Waals surface area contributed by atoms with Crippen LogP contribution in [-0.2, 0) is 13.0 Å². The van der Waals surface area contributed by atoms with Crippen LogP contribution in [0.3, 0.4) is 0 Å². The molecule has 0 aromatic carbocycles. The van der Waals surface area contributed by atoms with E-state index >= 15 is 0 Å². The fourth-order valence-electron chi connectivity index (χ4n) is 1.83. The summed E-state index contributed by atoms with van der Waals surface area (Å²) in [6, 6.07) is 3.84. The van der Waals surface area contributed by atoms with E-state index < -0.39 is 0 Å². The third kappa shape index (κ3) is 2.61. The third-order valence-electron chi connectivity index (χ3n) is 2.77. The van der Waals surface area contributed by atoms with Crippen LogP contribution in [0.5, 0.6) is 0 Å². The average molecular weight is 289 g/mol. The lowest BCUT2D eigenvalue weighted by Gasteiger charge is -2.05. The topological polar surface area (TPSA) is 59.4 Å². The lowest BCUT2D eigenvalue weighted by Crippen LogP contribution is -2.04. The second-order valence-corrected chi connectivity index (χ2v) is 5.08. The number of aromatic nitrogens is 5. The van der Waals surface area contributed by atoms with Crippen LogP contribution < -0.4 is 0 Å². The maximum atomic E-state index is 5.28. The molecule has 0 aliphatic rings. The number of aryl methyl sites for hydroxylation is 1. The van der Waals surface area contributed by atoms with Gasteiger partial charge in [0.05, 0.1) is 11.2 Å². The molecule has 3 heterocycles. The normalized spacial score (nSPS) is 10.7. The van der Waals surface area contributed by atoms with Crippen molar-refractivity contribution in [1.29, 1.82) is 0 Å². The van der Waals surface area contributed by atoms with E-state index in [1.165, 1.54) is 0 Å². The van der Waals surface area contributed by atoms with Gasteiger partial charge in [0.25, 0.3) is 0 Å². The lowest BCUT2D eigenvalue weighted by molar-refractivity contribution is 0.683. The Morgan fingerprint density at radius 2 is 2.16 bits per heavy atom. The fourth-order valence-corrected chi connectivity index (χ4v) is 2.65. The van der Waals surface area contributed by atoms with Gasteiger partial charge in [0.1, 0.15) is 0 Å². The van der Waals surface area contributed by atoms with E-state index in [0.717, 1.165) is 30.0 Å². The molecule has 5 nitrogen and oxygen atoms in total. The van der Waals surface area contributed by atoms with Crippen molar-refractivity contribution in [3.63, 3.8) is 0 Å². The highest BCUT2D eigenvalue weighted by molar-refractivity contribution is 7.71. The largest absolute Gasteiger partial charge is 0.300 e. The molecule has 0 aliphatic carbocycles. The Labute approximate surface area is 119 Å². The number of rotatable bonds is 4. The predicted octanol–water partition coefficient (Wildman–Crippen LogP) is 2.70. The smallest absolute Gasteiger partial charge is 0.195 e. The molecule has 19 heavy (non-hydrogen) atoms. The van der Waals surface area contributed by atoms with Crippen LogP contribution in [0.1, 0.15) is 5.69 Å². The van der Waals surface area contributed by atoms with E-state index in [-0.39, 0.29) is 0 Å². The van der Waals surface area contributed by atoms with Crippen molar-refractivity contribution in [2.24, 2.45) is 0 Å². The first-order valence-electron chi connectivity index (χ1n) is 5.77. The number of nitrogens with one attached hydrogen (secondary N) is 1. The Hall–Kier alpha value is -1.86. The summed E-state index contributed by atoms with van der Waals surface area (Å²) in [6.45, 7) is 0.761. The van der Waals surface area contributed by atoms with E-state index in [9.17, 15) is 0 Å². The van der Waals surface area contributed by atoms with Crippen molar-refractivity contribution in [3.05, 3.63) is 45.9 Å². The standard InChI is InChI=1S/C12H11N5S2/c18-12-16-15-11(9-1-4-13-5-2-9)17(12)6-3-10-7-19-8-14-10/h1-2,4-5,7-8H,3,6H2,(H,16,18). The number of thiazole rings is 1. The van der Waals surface area contributed by atoms with Crippen LogP contribution >= 0.6 is 23.6 Å². The number of H-pyrrole nitrogens is 1. The predicted molar refractivity (Wildman–Crippen MR) is 76.5 cm³/mol. The number of nitrogens with zero attached hydrogens (tertiary/aromatic N) is 4. The summed E-state index contributed by atoms with van der Waals surface area (Å²) in [7, 11) is 0. The van der Waals surface area contributed by atoms with Gasteiger partial charge in [-0.1, -0.05) is 0 Å². The molecule has 3 aromatic rings. The first-order valence-corrected chi connectivity index (χ1v) is 7.12. The molecule has 0 bridgehead atoms. The zero-order valence-corrected chi connectivity index (χ0v) is 11.6. The molecule has 0 fully saturated rings. The SMILES string of the molecule is S=c1[nH]nc(-c2ccncc2)n1CCc1cscn1. The van der Waals surface area contributed by atoms with Crippen LogP contribution in [0.25, 0.3) is 11.4 Å². The summed E-state index contributed by atoms with van der Waals surface area (Å²) in [6.07, 6.45) is 4.34. The molecule has 0 amide bonds. The Kier molecular flexibility index (Phi) is 3.47. The van der Waals surface area contributed by atoms with Crippen LogP contribution in [-0.4, -0.2) is 24.7 Å². The molecule has 0 aliphatic heterocycles. The number of hydrogen-bond acceptors (Lipinski definition) is 5. The summed E-state index contributed by atoms with van der Waals surface area (Å²) < 4.78 is 2.62. The molecule has 1 N–H and O–H groups in total. The molecular weight excluding hydrogens is 278 g/mol. The van der Waals surface area contributed by atoms with E-state index in [1.54, 1.807) is 23.7 Å². The number of hydrogen-bond donors (Lipinski definition) is 1. The van der Waals surface area contributed by atoms with Crippen molar-refractivity contribution in [3.8, 4) is 11.4 Å². The Balaban J connectivity index is 1.89. The van der Waals surface area contributed by atoms with Gasteiger partial charge in [-0.2, -0.15) is 5.10 Å². The molecule has 0 saturated carbocycles. The van der Waals surface area contributed by atoms with Gasteiger partial charge >= 0.3 is 0 Å². The molecule has 7 heteroatoms. The minimum Gasteiger partial charge on any atom is -0.300 e. The first-order chi connectivity index (χ1) is 9.34. The van der Waals surface area contributed by atoms with E-state index in [2.05, 4.69) is 25.5 Å². The molecule has 3 aromatic heterocycles. The maximum Gasteiger partial charge on any atom is 0.195 e. The molecule has 0 saturated heterocycles. The summed E-state index contributed by atoms with van der Waals surface area (Å²) >= 11 is 6.88. The van der Waals surface area contributed by atoms with Crippen molar-refractivity contribution in [2.45, 2.75) is 13.0 Å². The van der Waals surface area contributed by atoms with Crippen LogP contribution in [0.2, 0.25) is 0 Å². The van der Waals surface area contributed by atoms with Crippen molar-refractivity contribution >= 4 is 23.6 Å². The summed E-state index contributed by atoms with van der Waals surface area (Å²) in [4.78, 5) is 8.29. The highest BCUT2D eigenvalue weighted by Crippen LogP contribution is 2.16. The van der Waals surface area contributed by atoms with Crippen LogP contribution in [0.4, 0.5) is 0 Å². The van der Waals surface area contributed by atoms with Gasteiger partial charge in [-0.05, 0) is 24.4 Å². The summed E-state index contributed by atoms with van der Waals surface area (Å²) in [5, 5.41) is 9.18. The van der Waals surface area contributed by atoms with Crippen molar-refractivity contribution < 1.29 is 0 Å². The highest BCUT2D eigenvalue weighted by Gasteiger charge is 2.08. The maximum absolute atomic E-state index is 5.28. The molecule has 0 spiro atoms. The summed E-state index contributed by atoms with van der Waals surface area (Å²) in [5.41, 5.74) is 3.92. The first kappa shape index (κ1) is 12.2. The van der Waals surface area contributed by atoms with E-state index in [4.69, 9.17) is 12.2 Å². The second-order valence-electron chi connectivity index (χ2n) is 3.97. The molecule has 0 unspecified atom stereocenters. The quantitative estimate of drug-likeness (QED) is 0.750. The highest BCUT2D eigenvalue weighted by atomic mass is 32.1. The van der Waals surface area contributed by atoms with Crippen LogP contribution in [0, 0.1) is 4.77 Å². The van der Waals surface area contributed by atoms with Gasteiger partial charge < -0.3 is 0 Å². The second kappa shape index (κ2) is 5.41. The van der Waals surface area contributed by atoms with Crippen molar-refractivity contribution in [1.82, 2.24) is 24.7 Å². The zero-order valence-electron chi connectivity index (χ0n) is 9.98. The average Bonchev–Trinajstić information content (AvgIpc) is 3.07. The third-order valence-corrected chi connectivity index (χ3v) is 3.72. The van der Waals surface area contributed by atoms with Gasteiger partial charge in [0.15, 0.2) is 10.6 Å². The monoisotopic (exact) mass is 289 g/mol. The number of pyridine rings is 1. The fraction of sp³-hybridized carbons (Fsp3) is 0.167. The Bertz CT molecular complexity index is 699. The zero-order chi connectivity index (χ0) is 13.1. The summed E-state index contributed by atoms with van der Waals surface area (Å²) in [5.74, 6) is 0.836.